The van der Waals surface area contributed by atoms with Crippen LogP contribution in [0.25, 0.3) is 0 Å². The number of nitrogens with one attached hydrogen (secondary N) is 1. The average molecular weight is 441 g/mol. The molecule has 2 aliphatic heterocycles. The van der Waals surface area contributed by atoms with Crippen LogP contribution >= 0.6 is 0 Å². The van der Waals surface area contributed by atoms with E-state index in [2.05, 4.69) is 10.4 Å². The Morgan fingerprint density at radius 1 is 1.41 bits per heavy atom. The molecule has 1 atom stereocenters. The van der Waals surface area contributed by atoms with Crippen molar-refractivity contribution in [1.29, 1.82) is 5.26 Å². The molecule has 3 amide bonds. The van der Waals surface area contributed by atoms with Gasteiger partial charge in [0.2, 0.25) is 0 Å². The van der Waals surface area contributed by atoms with Crippen LogP contribution < -0.4 is 5.32 Å². The minimum absolute atomic E-state index is 0.0690. The number of β-amino-alcohol motifs (C(OH)–C–C–N with tert-alkyl or cyclic N) is 1. The van der Waals surface area contributed by atoms with Crippen molar-refractivity contribution in [2.24, 2.45) is 0 Å². The van der Waals surface area contributed by atoms with E-state index in [9.17, 15) is 19.1 Å². The molecule has 0 bridgehead atoms. The predicted molar refractivity (Wildman–Crippen MR) is 112 cm³/mol. The number of aromatic nitrogens is 2. The summed E-state index contributed by atoms with van der Waals surface area (Å²) < 4.78 is 15.3. The second-order valence-electron chi connectivity index (χ2n) is 7.92. The maximum Gasteiger partial charge on any atom is 0.322 e. The summed E-state index contributed by atoms with van der Waals surface area (Å²) in [5, 5.41) is 28.9. The van der Waals surface area contributed by atoms with Crippen LogP contribution in [0.4, 0.5) is 14.9 Å². The molecule has 0 fully saturated rings. The highest BCUT2D eigenvalue weighted by Crippen LogP contribution is 2.29. The van der Waals surface area contributed by atoms with E-state index >= 15 is 0 Å². The number of rotatable bonds is 3. The van der Waals surface area contributed by atoms with Gasteiger partial charge in [-0.1, -0.05) is 0 Å². The van der Waals surface area contributed by atoms with Crippen molar-refractivity contribution >= 4 is 17.6 Å². The zero-order valence-electron chi connectivity index (χ0n) is 17.9. The zero-order valence-corrected chi connectivity index (χ0v) is 17.9. The van der Waals surface area contributed by atoms with Crippen molar-refractivity contribution < 1.29 is 19.1 Å². The Morgan fingerprint density at radius 2 is 2.19 bits per heavy atom. The lowest BCUT2D eigenvalue weighted by molar-refractivity contribution is -0.000216. The molecule has 4 rings (SSSR count). The summed E-state index contributed by atoms with van der Waals surface area (Å²) in [5.41, 5.74) is 2.11. The number of amides is 3. The first kappa shape index (κ1) is 21.7. The molecule has 0 saturated carbocycles. The quantitative estimate of drug-likeness (QED) is 0.738. The van der Waals surface area contributed by atoms with Gasteiger partial charge in [-0.25, -0.2) is 14.2 Å². The minimum Gasteiger partial charge on any atom is -0.395 e. The number of halogens is 1. The molecule has 11 heteroatoms. The highest BCUT2D eigenvalue weighted by atomic mass is 19.1. The Kier molecular flexibility index (Phi) is 5.82. The van der Waals surface area contributed by atoms with Crippen molar-refractivity contribution in [2.45, 2.75) is 32.5 Å². The lowest BCUT2D eigenvalue weighted by Crippen LogP contribution is -2.46. The maximum absolute atomic E-state index is 13.6. The molecule has 1 aromatic heterocycles. The molecule has 0 aliphatic carbocycles. The highest BCUT2D eigenvalue weighted by molar-refractivity contribution is 5.95. The molecule has 0 unspecified atom stereocenters. The fraction of sp³-hybridized carbons (Fsp3) is 0.429. The van der Waals surface area contributed by atoms with Crippen molar-refractivity contribution in [2.75, 3.05) is 32.1 Å². The number of aliphatic hydroxyl groups is 1. The van der Waals surface area contributed by atoms with Crippen molar-refractivity contribution in [3.63, 3.8) is 0 Å². The van der Waals surface area contributed by atoms with Gasteiger partial charge in [-0.15, -0.1) is 0 Å². The Bertz CT molecular complexity index is 1110. The van der Waals surface area contributed by atoms with Crippen LogP contribution in [0.15, 0.2) is 18.2 Å². The van der Waals surface area contributed by atoms with E-state index in [1.165, 1.54) is 17.1 Å². The summed E-state index contributed by atoms with van der Waals surface area (Å²) in [6, 6.07) is 5.00. The van der Waals surface area contributed by atoms with Gasteiger partial charge in [-0.3, -0.25) is 14.5 Å². The third-order valence-corrected chi connectivity index (χ3v) is 5.93. The smallest absolute Gasteiger partial charge is 0.322 e. The predicted octanol–water partition coefficient (Wildman–Crippen LogP) is 1.17. The van der Waals surface area contributed by atoms with Crippen LogP contribution in [-0.2, 0) is 19.5 Å². The van der Waals surface area contributed by atoms with Crippen LogP contribution in [0, 0.1) is 17.1 Å². The molecular weight excluding hydrogens is 417 g/mol. The van der Waals surface area contributed by atoms with E-state index in [1.807, 2.05) is 6.92 Å². The van der Waals surface area contributed by atoms with E-state index in [0.29, 0.717) is 43.0 Å². The first-order chi connectivity index (χ1) is 15.3. The van der Waals surface area contributed by atoms with E-state index in [4.69, 9.17) is 5.26 Å². The fourth-order valence-corrected chi connectivity index (χ4v) is 4.17. The zero-order chi connectivity index (χ0) is 23.0. The molecule has 2 N–H and O–H groups in total. The maximum atomic E-state index is 13.6. The summed E-state index contributed by atoms with van der Waals surface area (Å²) in [6.45, 7) is 3.38. The summed E-state index contributed by atoms with van der Waals surface area (Å²) in [6.07, 6.45) is 0.493. The highest BCUT2D eigenvalue weighted by Gasteiger charge is 2.37. The molecule has 32 heavy (non-hydrogen) atoms. The van der Waals surface area contributed by atoms with Crippen LogP contribution in [0.1, 0.15) is 34.2 Å². The Balaban J connectivity index is 1.59. The van der Waals surface area contributed by atoms with Gasteiger partial charge in [0.15, 0.2) is 0 Å². The van der Waals surface area contributed by atoms with Gasteiger partial charge >= 0.3 is 6.03 Å². The van der Waals surface area contributed by atoms with Gasteiger partial charge in [-0.2, -0.15) is 10.4 Å². The Morgan fingerprint density at radius 3 is 2.91 bits per heavy atom. The summed E-state index contributed by atoms with van der Waals surface area (Å²) >= 11 is 0. The number of nitrogens with zero attached hydrogens (tertiary/aromatic N) is 6. The molecule has 1 aromatic carbocycles. The third kappa shape index (κ3) is 3.79. The molecule has 0 spiro atoms. The summed E-state index contributed by atoms with van der Waals surface area (Å²) in [5.74, 6) is -0.890. The lowest BCUT2D eigenvalue weighted by Gasteiger charge is -2.34. The second-order valence-corrected chi connectivity index (χ2v) is 7.92. The van der Waals surface area contributed by atoms with Gasteiger partial charge in [0.25, 0.3) is 5.91 Å². The van der Waals surface area contributed by atoms with E-state index < -0.39 is 11.8 Å². The number of aliphatic hydroxyl groups excluding tert-OH is 1. The van der Waals surface area contributed by atoms with Gasteiger partial charge in [0.05, 0.1) is 31.0 Å². The number of carbonyl (C=O) groups is 2. The van der Waals surface area contributed by atoms with Gasteiger partial charge in [0.1, 0.15) is 17.6 Å². The lowest BCUT2D eigenvalue weighted by atomic mass is 9.99. The van der Waals surface area contributed by atoms with Gasteiger partial charge in [-0.05, 0) is 25.1 Å². The normalized spacial score (nSPS) is 18.6. The monoisotopic (exact) mass is 441 g/mol. The Hall–Kier alpha value is -3.49. The van der Waals surface area contributed by atoms with E-state index in [-0.39, 0.29) is 30.7 Å². The molecule has 2 aliphatic rings. The third-order valence-electron chi connectivity index (χ3n) is 5.93. The fourth-order valence-electron chi connectivity index (χ4n) is 4.17. The molecular formula is C21H24FN7O3. The van der Waals surface area contributed by atoms with E-state index in [1.54, 1.807) is 27.7 Å². The number of benzene rings is 1. The number of urea groups is 1. The van der Waals surface area contributed by atoms with Crippen molar-refractivity contribution in [3.8, 4) is 6.07 Å². The topological polar surface area (TPSA) is 118 Å². The van der Waals surface area contributed by atoms with Crippen LogP contribution in [0.5, 0.6) is 0 Å². The van der Waals surface area contributed by atoms with Crippen molar-refractivity contribution in [1.82, 2.24) is 24.7 Å². The summed E-state index contributed by atoms with van der Waals surface area (Å²) in [7, 11) is 1.66. The van der Waals surface area contributed by atoms with Crippen LogP contribution in [-0.4, -0.2) is 74.5 Å². The average Bonchev–Trinajstić information content (AvgIpc) is 3.07. The molecule has 10 nitrogen and oxygen atoms in total. The van der Waals surface area contributed by atoms with Crippen LogP contribution in [0.3, 0.4) is 0 Å². The number of fused-ring (bicyclic) bond motifs is 3. The number of carbonyl (C=O) groups excluding carboxylic acids is 2. The molecule has 168 valence electrons. The number of hydrazine groups is 1. The number of hydrogen-bond donors (Lipinski definition) is 2. The van der Waals surface area contributed by atoms with Crippen LogP contribution in [0.2, 0.25) is 0 Å². The Labute approximate surface area is 184 Å². The minimum atomic E-state index is -0.651. The molecule has 0 radical (unpaired) electrons. The van der Waals surface area contributed by atoms with E-state index in [0.717, 1.165) is 11.8 Å². The largest absolute Gasteiger partial charge is 0.395 e. The first-order valence-corrected chi connectivity index (χ1v) is 10.3. The SMILES string of the molecule is C[C@@H]1Cc2nn3c(c2CN1C(=O)Nc1ccc(F)c(C#N)c1)C(=O)N(C)N(CCO)CC3. The summed E-state index contributed by atoms with van der Waals surface area (Å²) in [4.78, 5) is 27.8. The number of hydrogen-bond acceptors (Lipinski definition) is 6. The van der Waals surface area contributed by atoms with Gasteiger partial charge in [0, 0.05) is 43.9 Å². The van der Waals surface area contributed by atoms with Gasteiger partial charge < -0.3 is 15.3 Å². The van der Waals surface area contributed by atoms with Crippen molar-refractivity contribution in [3.05, 3.63) is 46.5 Å². The molecule has 2 aromatic rings. The second kappa shape index (κ2) is 8.57. The molecule has 3 heterocycles. The standard InChI is InChI=1S/C21H24FN7O3/c1-13-9-18-16(19-20(31)26(2)27(7-8-30)5-6-29(19)25-18)12-28(13)21(32)24-15-3-4-17(22)14(10-15)11-23/h3-4,10,13,30H,5-9,12H2,1-2H3,(H,24,32)/t13-/m1/s1. The number of nitriles is 1. The number of anilines is 1. The first-order valence-electron chi connectivity index (χ1n) is 10.3. The molecule has 0 saturated heterocycles.